The van der Waals surface area contributed by atoms with E-state index in [1.165, 1.54) is 70.6 Å². The van der Waals surface area contributed by atoms with Gasteiger partial charge in [-0.05, 0) is 70.6 Å². The molecule has 0 rings (SSSR count). The molecule has 9 heteroatoms. The molecule has 0 aromatic heterocycles. The van der Waals surface area contributed by atoms with Gasteiger partial charge >= 0.3 is 7.82 Å². The quantitative estimate of drug-likeness (QED) is 0.0249. The van der Waals surface area contributed by atoms with Crippen molar-refractivity contribution >= 4 is 13.7 Å². The van der Waals surface area contributed by atoms with E-state index >= 15 is 0 Å². The van der Waals surface area contributed by atoms with Crippen molar-refractivity contribution in [1.82, 2.24) is 5.32 Å². The fourth-order valence-corrected chi connectivity index (χ4v) is 6.43. The van der Waals surface area contributed by atoms with E-state index in [-0.39, 0.29) is 19.1 Å². The van der Waals surface area contributed by atoms with Crippen molar-refractivity contribution in [1.29, 1.82) is 0 Å². The van der Waals surface area contributed by atoms with Crippen molar-refractivity contribution in [3.8, 4) is 0 Å². The molecule has 0 saturated carbocycles. The van der Waals surface area contributed by atoms with E-state index in [0.29, 0.717) is 17.4 Å². The topological polar surface area (TPSA) is 105 Å². The van der Waals surface area contributed by atoms with Crippen LogP contribution in [0.5, 0.6) is 0 Å². The van der Waals surface area contributed by atoms with Crippen molar-refractivity contribution in [2.75, 3.05) is 40.9 Å². The highest BCUT2D eigenvalue weighted by Gasteiger charge is 2.27. The van der Waals surface area contributed by atoms with E-state index < -0.39 is 20.0 Å². The minimum absolute atomic E-state index is 0.0482. The minimum Gasteiger partial charge on any atom is -0.387 e. The average molecular weight is 780 g/mol. The molecule has 1 amide bonds. The lowest BCUT2D eigenvalue weighted by molar-refractivity contribution is -0.870. The van der Waals surface area contributed by atoms with Crippen LogP contribution in [0.1, 0.15) is 168 Å². The molecule has 0 aliphatic heterocycles. The number of aliphatic hydroxyl groups excluding tert-OH is 1. The standard InChI is InChI=1S/C45H83N2O6P/c1-6-8-10-12-14-16-18-20-21-22-23-24-25-27-28-30-32-34-36-38-44(48)43(42-53-54(50,51)52-41-40-47(3,4)5)46-45(49)39-37-35-33-31-29-26-19-17-15-13-11-9-7-2/h11,13,17,19,23-24,28,30,36,38,43-44,48H,6-10,12,14-16,18,20-22,25-27,29,31-35,37,39-42H2,1-5H3,(H-,46,49,50,51)/p+1/b13-11-,19-17-,24-23+,30-28+,38-36+. The molecule has 54 heavy (non-hydrogen) atoms. The highest BCUT2D eigenvalue weighted by molar-refractivity contribution is 7.47. The van der Waals surface area contributed by atoms with E-state index in [2.05, 4.69) is 67.8 Å². The van der Waals surface area contributed by atoms with Gasteiger partial charge in [-0.1, -0.05) is 152 Å². The number of rotatable bonds is 38. The summed E-state index contributed by atoms with van der Waals surface area (Å²) in [5.41, 5.74) is 0. The van der Waals surface area contributed by atoms with Crippen LogP contribution in [-0.4, -0.2) is 73.4 Å². The van der Waals surface area contributed by atoms with Gasteiger partial charge in [0.05, 0.1) is 39.9 Å². The number of hydrogen-bond acceptors (Lipinski definition) is 5. The molecule has 0 bridgehead atoms. The monoisotopic (exact) mass is 780 g/mol. The van der Waals surface area contributed by atoms with Crippen LogP contribution in [0, 0.1) is 0 Å². The lowest BCUT2D eigenvalue weighted by Gasteiger charge is -2.25. The van der Waals surface area contributed by atoms with Gasteiger partial charge < -0.3 is 19.8 Å². The van der Waals surface area contributed by atoms with Crippen molar-refractivity contribution in [3.63, 3.8) is 0 Å². The molecule has 8 nitrogen and oxygen atoms in total. The van der Waals surface area contributed by atoms with Crippen LogP contribution in [0.4, 0.5) is 0 Å². The lowest BCUT2D eigenvalue weighted by Crippen LogP contribution is -2.45. The van der Waals surface area contributed by atoms with Crippen molar-refractivity contribution in [2.24, 2.45) is 0 Å². The number of quaternary nitrogens is 1. The summed E-state index contributed by atoms with van der Waals surface area (Å²) in [5.74, 6) is -0.209. The zero-order valence-electron chi connectivity index (χ0n) is 35.4. The number of amides is 1. The molecule has 314 valence electrons. The number of aliphatic hydroxyl groups is 1. The van der Waals surface area contributed by atoms with E-state index in [4.69, 9.17) is 9.05 Å². The number of allylic oxidation sites excluding steroid dienone is 9. The molecule has 3 atom stereocenters. The Morgan fingerprint density at radius 2 is 1.11 bits per heavy atom. The lowest BCUT2D eigenvalue weighted by atomic mass is 10.1. The number of phosphoric ester groups is 1. The molecule has 0 aromatic carbocycles. The SMILES string of the molecule is CCC/C=C\C/C=C\CCCCCCCC(=O)NC(COP(=O)(O)OCC[N+](C)(C)C)C(O)/C=C/CC/C=C/CC/C=C/CCCCCCCCCCC. The Balaban J connectivity index is 4.55. The summed E-state index contributed by atoms with van der Waals surface area (Å²) >= 11 is 0. The Bertz CT molecular complexity index is 1060. The number of unbranched alkanes of at least 4 members (excludes halogenated alkanes) is 17. The number of likely N-dealkylation sites (N-methyl/N-ethyl adjacent to an activating group) is 1. The molecule has 0 aromatic rings. The summed E-state index contributed by atoms with van der Waals surface area (Å²) in [6.07, 6.45) is 47.2. The van der Waals surface area contributed by atoms with E-state index in [1.807, 2.05) is 27.2 Å². The second-order valence-electron chi connectivity index (χ2n) is 15.7. The smallest absolute Gasteiger partial charge is 0.387 e. The largest absolute Gasteiger partial charge is 0.472 e. The third kappa shape index (κ3) is 38.5. The van der Waals surface area contributed by atoms with Gasteiger partial charge in [-0.25, -0.2) is 4.57 Å². The molecule has 3 N–H and O–H groups in total. The van der Waals surface area contributed by atoms with Crippen LogP contribution in [0.2, 0.25) is 0 Å². The van der Waals surface area contributed by atoms with Gasteiger partial charge in [-0.2, -0.15) is 0 Å². The summed E-state index contributed by atoms with van der Waals surface area (Å²) in [6, 6.07) is -0.877. The van der Waals surface area contributed by atoms with E-state index in [9.17, 15) is 19.4 Å². The molecule has 0 aliphatic rings. The zero-order chi connectivity index (χ0) is 40.0. The van der Waals surface area contributed by atoms with Crippen LogP contribution in [0.3, 0.4) is 0 Å². The zero-order valence-corrected chi connectivity index (χ0v) is 36.3. The highest BCUT2D eigenvalue weighted by Crippen LogP contribution is 2.43. The predicted octanol–water partition coefficient (Wildman–Crippen LogP) is 11.9. The van der Waals surface area contributed by atoms with Crippen LogP contribution in [0.25, 0.3) is 0 Å². The molecule has 0 spiro atoms. The van der Waals surface area contributed by atoms with Gasteiger partial charge in [0.1, 0.15) is 13.2 Å². The first kappa shape index (κ1) is 52.2. The first-order chi connectivity index (χ1) is 26.0. The normalized spacial score (nSPS) is 15.0. The van der Waals surface area contributed by atoms with Crippen molar-refractivity contribution in [3.05, 3.63) is 60.8 Å². The van der Waals surface area contributed by atoms with Crippen LogP contribution >= 0.6 is 7.82 Å². The summed E-state index contributed by atoms with van der Waals surface area (Å²) in [4.78, 5) is 23.1. The van der Waals surface area contributed by atoms with Crippen LogP contribution in [0.15, 0.2) is 60.8 Å². The molecular formula is C45H84N2O6P+. The summed E-state index contributed by atoms with van der Waals surface area (Å²) in [7, 11) is 1.53. The molecular weight excluding hydrogens is 695 g/mol. The van der Waals surface area contributed by atoms with Crippen LogP contribution in [-0.2, 0) is 18.4 Å². The molecule has 0 aliphatic carbocycles. The minimum atomic E-state index is -4.35. The third-order valence-electron chi connectivity index (χ3n) is 9.17. The fourth-order valence-electron chi connectivity index (χ4n) is 5.70. The number of phosphoric acid groups is 1. The predicted molar refractivity (Wildman–Crippen MR) is 230 cm³/mol. The number of hydrogen-bond donors (Lipinski definition) is 3. The van der Waals surface area contributed by atoms with Gasteiger partial charge in [0.15, 0.2) is 0 Å². The Hall–Kier alpha value is -1.80. The van der Waals surface area contributed by atoms with E-state index in [0.717, 1.165) is 77.0 Å². The maximum absolute atomic E-state index is 12.8. The highest BCUT2D eigenvalue weighted by atomic mass is 31.2. The Kier molecular flexibility index (Phi) is 35.6. The second-order valence-corrected chi connectivity index (χ2v) is 17.1. The molecule has 0 heterocycles. The third-order valence-corrected chi connectivity index (χ3v) is 10.2. The van der Waals surface area contributed by atoms with Gasteiger partial charge in [-0.3, -0.25) is 13.8 Å². The van der Waals surface area contributed by atoms with Gasteiger partial charge in [0.25, 0.3) is 0 Å². The maximum atomic E-state index is 12.8. The Morgan fingerprint density at radius 3 is 1.67 bits per heavy atom. The number of carbonyl (C=O) groups is 1. The van der Waals surface area contributed by atoms with Crippen molar-refractivity contribution in [2.45, 2.75) is 180 Å². The number of nitrogens with one attached hydrogen (secondary N) is 1. The summed E-state index contributed by atoms with van der Waals surface area (Å²) in [6.45, 7) is 4.68. The van der Waals surface area contributed by atoms with Crippen molar-refractivity contribution < 1.29 is 32.9 Å². The molecule has 0 saturated heterocycles. The summed E-state index contributed by atoms with van der Waals surface area (Å²) < 4.78 is 23.5. The molecule has 0 radical (unpaired) electrons. The second kappa shape index (κ2) is 36.8. The number of nitrogens with zero attached hydrogens (tertiary/aromatic N) is 1. The van der Waals surface area contributed by atoms with Gasteiger partial charge in [0, 0.05) is 6.42 Å². The molecule has 3 unspecified atom stereocenters. The number of carbonyl (C=O) groups excluding carboxylic acids is 1. The Labute approximate surface area is 332 Å². The first-order valence-corrected chi connectivity index (χ1v) is 23.2. The first-order valence-electron chi connectivity index (χ1n) is 21.7. The molecule has 0 fully saturated rings. The fraction of sp³-hybridized carbons (Fsp3) is 0.756. The van der Waals surface area contributed by atoms with Crippen LogP contribution < -0.4 is 5.32 Å². The Morgan fingerprint density at radius 1 is 0.630 bits per heavy atom. The van der Waals surface area contributed by atoms with Gasteiger partial charge in [-0.15, -0.1) is 0 Å². The summed E-state index contributed by atoms with van der Waals surface area (Å²) in [5, 5.41) is 13.8. The average Bonchev–Trinajstić information content (AvgIpc) is 3.12. The maximum Gasteiger partial charge on any atom is 0.472 e. The van der Waals surface area contributed by atoms with Gasteiger partial charge in [0.2, 0.25) is 5.91 Å². The van der Waals surface area contributed by atoms with E-state index in [1.54, 1.807) is 6.08 Å².